The van der Waals surface area contributed by atoms with Crippen LogP contribution in [0, 0.1) is 6.92 Å². The highest BCUT2D eigenvalue weighted by molar-refractivity contribution is 7.90. The molecule has 1 saturated heterocycles. The van der Waals surface area contributed by atoms with Gasteiger partial charge in [-0.05, 0) is 89.7 Å². The number of piperidine rings is 1. The van der Waals surface area contributed by atoms with Gasteiger partial charge in [0.15, 0.2) is 14.0 Å². The molecule has 1 fully saturated rings. The number of carbonyl (C=O) groups is 1. The first-order valence-corrected chi connectivity index (χ1v) is 19.7. The summed E-state index contributed by atoms with van der Waals surface area (Å²) < 4.78 is 41.2. The van der Waals surface area contributed by atoms with Gasteiger partial charge in [0.2, 0.25) is 0 Å². The Labute approximate surface area is 263 Å². The van der Waals surface area contributed by atoms with E-state index in [9.17, 15) is 13.2 Å². The number of anilines is 1. The number of likely N-dealkylation sites (tertiary alicyclic amines) is 1. The van der Waals surface area contributed by atoms with Crippen molar-refractivity contribution in [3.8, 4) is 0 Å². The summed E-state index contributed by atoms with van der Waals surface area (Å²) in [6.07, 6.45) is 4.80. The summed E-state index contributed by atoms with van der Waals surface area (Å²) in [7, 11) is -5.96. The quantitative estimate of drug-likeness (QED) is 0.268. The maximum absolute atomic E-state index is 13.9. The third kappa shape index (κ3) is 7.46. The van der Waals surface area contributed by atoms with Gasteiger partial charge in [0.25, 0.3) is 10.0 Å². The van der Waals surface area contributed by atoms with E-state index in [4.69, 9.17) is 9.16 Å². The van der Waals surface area contributed by atoms with Crippen molar-refractivity contribution in [2.24, 2.45) is 0 Å². The van der Waals surface area contributed by atoms with Crippen LogP contribution in [0.5, 0.6) is 0 Å². The highest BCUT2D eigenvalue weighted by Gasteiger charge is 2.37. The van der Waals surface area contributed by atoms with Gasteiger partial charge in [0, 0.05) is 31.4 Å². The Morgan fingerprint density at radius 3 is 2.34 bits per heavy atom. The lowest BCUT2D eigenvalue weighted by atomic mass is 9.99. The summed E-state index contributed by atoms with van der Waals surface area (Å²) in [5.74, 6) is 0.541. The van der Waals surface area contributed by atoms with Crippen molar-refractivity contribution in [1.29, 1.82) is 0 Å². The molecule has 0 aliphatic carbocycles. The highest BCUT2D eigenvalue weighted by atomic mass is 32.2. The van der Waals surface area contributed by atoms with Crippen LogP contribution in [0.2, 0.25) is 18.1 Å². The number of aromatic nitrogens is 3. The molecule has 3 aromatic rings. The predicted octanol–water partition coefficient (Wildman–Crippen LogP) is 6.74. The second-order valence-electron chi connectivity index (χ2n) is 14.4. The Balaban J connectivity index is 1.72. The van der Waals surface area contributed by atoms with Crippen molar-refractivity contribution in [1.82, 2.24) is 18.8 Å². The molecule has 1 aromatic carbocycles. The molecule has 12 heteroatoms. The summed E-state index contributed by atoms with van der Waals surface area (Å²) >= 11 is 0. The largest absolute Gasteiger partial charge is 0.444 e. The fraction of sp³-hybridized carbons (Fsp3) is 0.594. The highest BCUT2D eigenvalue weighted by Crippen LogP contribution is 2.37. The number of nitrogens with one attached hydrogen (secondary N) is 1. The number of hydrogen-bond acceptors (Lipinski definition) is 8. The third-order valence-corrected chi connectivity index (χ3v) is 14.9. The molecule has 3 heterocycles. The third-order valence-electron chi connectivity index (χ3n) is 8.70. The van der Waals surface area contributed by atoms with Crippen molar-refractivity contribution in [3.05, 3.63) is 47.9 Å². The Morgan fingerprint density at radius 1 is 1.07 bits per heavy atom. The molecule has 0 unspecified atom stereocenters. The molecule has 1 aliphatic heterocycles. The minimum Gasteiger partial charge on any atom is -0.444 e. The molecule has 1 amide bonds. The average Bonchev–Trinajstić information content (AvgIpc) is 3.28. The molecular weight excluding hydrogens is 595 g/mol. The number of nitrogens with zero attached hydrogens (tertiary/aromatic N) is 4. The fourth-order valence-electron chi connectivity index (χ4n) is 5.04. The number of amides is 1. The molecule has 2 atom stereocenters. The summed E-state index contributed by atoms with van der Waals surface area (Å²) in [4.78, 5) is 24.0. The van der Waals surface area contributed by atoms with Gasteiger partial charge < -0.3 is 19.4 Å². The number of ether oxygens (including phenoxy) is 1. The minimum atomic E-state index is -3.94. The fourth-order valence-corrected chi connectivity index (χ4v) is 7.42. The molecule has 0 radical (unpaired) electrons. The lowest BCUT2D eigenvalue weighted by Gasteiger charge is -2.39. The van der Waals surface area contributed by atoms with E-state index in [1.165, 1.54) is 10.3 Å². The van der Waals surface area contributed by atoms with Gasteiger partial charge in [-0.2, -0.15) is 0 Å². The molecule has 0 spiro atoms. The summed E-state index contributed by atoms with van der Waals surface area (Å²) in [6.45, 7) is 21.4. The number of hydrogen-bond donors (Lipinski definition) is 1. The van der Waals surface area contributed by atoms with E-state index in [-0.39, 0.29) is 28.1 Å². The van der Waals surface area contributed by atoms with E-state index in [0.717, 1.165) is 24.0 Å². The van der Waals surface area contributed by atoms with Crippen LogP contribution in [0.4, 0.5) is 10.6 Å². The molecule has 1 N–H and O–H groups in total. The maximum atomic E-state index is 13.9. The van der Waals surface area contributed by atoms with Gasteiger partial charge in [-0.1, -0.05) is 38.5 Å². The maximum Gasteiger partial charge on any atom is 0.410 e. The summed E-state index contributed by atoms with van der Waals surface area (Å²) in [6, 6.07) is 6.74. The van der Waals surface area contributed by atoms with Gasteiger partial charge in [0.1, 0.15) is 17.7 Å². The van der Waals surface area contributed by atoms with Gasteiger partial charge >= 0.3 is 6.09 Å². The zero-order chi connectivity index (χ0) is 32.7. The van der Waals surface area contributed by atoms with E-state index < -0.39 is 23.9 Å². The Kier molecular flexibility index (Phi) is 9.59. The molecule has 44 heavy (non-hydrogen) atoms. The molecule has 4 rings (SSSR count). The van der Waals surface area contributed by atoms with Crippen LogP contribution in [0.1, 0.15) is 72.4 Å². The van der Waals surface area contributed by atoms with E-state index in [2.05, 4.69) is 49.1 Å². The first-order valence-electron chi connectivity index (χ1n) is 15.4. The molecular formula is C32H49N5O5SSi. The molecule has 1 aliphatic rings. The Morgan fingerprint density at radius 2 is 1.73 bits per heavy atom. The van der Waals surface area contributed by atoms with Crippen LogP contribution in [0.3, 0.4) is 0 Å². The Bertz CT molecular complexity index is 1590. The second-order valence-corrected chi connectivity index (χ2v) is 21.1. The summed E-state index contributed by atoms with van der Waals surface area (Å²) in [5, 5.41) is 4.22. The number of carbonyl (C=O) groups excluding carboxylic acids is 1. The van der Waals surface area contributed by atoms with Crippen LogP contribution in [0.15, 0.2) is 41.7 Å². The molecule has 0 saturated carbocycles. The normalized spacial score (nSPS) is 18.5. The standard InChI is InChI=1S/C32H49N5O5SSi/c1-22-11-15-26(16-12-22)43(39,40)37-19-24(17-18-41-44(9,10)32(6,7)8)27-28(33-21-34-29(27)37)35-25-14-13-23(2)36(20-25)30(38)42-31(3,4)5/h11-12,15-16,19,21,23,25H,13-14,17-18,20H2,1-10H3,(H,33,34,35)/t23-,25+/m0/s1. The first kappa shape index (κ1) is 33.9. The lowest BCUT2D eigenvalue weighted by Crippen LogP contribution is -2.51. The van der Waals surface area contributed by atoms with Crippen LogP contribution in [-0.4, -0.2) is 72.5 Å². The van der Waals surface area contributed by atoms with Gasteiger partial charge in [-0.15, -0.1) is 0 Å². The Hall–Kier alpha value is -2.96. The van der Waals surface area contributed by atoms with Crippen molar-refractivity contribution in [2.75, 3.05) is 18.5 Å². The van der Waals surface area contributed by atoms with E-state index in [1.54, 1.807) is 35.4 Å². The SMILES string of the molecule is Cc1ccc(S(=O)(=O)n2cc(CCO[Si](C)(C)C(C)(C)C)c3c(N[C@@H]4CC[C@H](C)N(C(=O)OC(C)(C)C)C4)ncnc32)cc1. The summed E-state index contributed by atoms with van der Waals surface area (Å²) in [5.41, 5.74) is 1.47. The lowest BCUT2D eigenvalue weighted by molar-refractivity contribution is 0.0108. The van der Waals surface area contributed by atoms with E-state index in [0.29, 0.717) is 36.4 Å². The number of fused-ring (bicyclic) bond motifs is 1. The number of rotatable bonds is 8. The minimum absolute atomic E-state index is 0.0390. The molecule has 10 nitrogen and oxygen atoms in total. The van der Waals surface area contributed by atoms with Crippen molar-refractivity contribution in [3.63, 3.8) is 0 Å². The van der Waals surface area contributed by atoms with Crippen LogP contribution in [0.25, 0.3) is 11.0 Å². The first-order chi connectivity index (χ1) is 20.3. The topological polar surface area (TPSA) is 116 Å². The van der Waals surface area contributed by atoms with Crippen LogP contribution < -0.4 is 5.32 Å². The van der Waals surface area contributed by atoms with Crippen LogP contribution >= 0.6 is 0 Å². The predicted molar refractivity (Wildman–Crippen MR) is 177 cm³/mol. The van der Waals surface area contributed by atoms with Crippen molar-refractivity contribution in [2.45, 2.75) is 115 Å². The molecule has 242 valence electrons. The number of benzene rings is 1. The molecule has 0 bridgehead atoms. The molecule has 2 aromatic heterocycles. The van der Waals surface area contributed by atoms with Gasteiger partial charge in [0.05, 0.1) is 10.3 Å². The smallest absolute Gasteiger partial charge is 0.410 e. The second kappa shape index (κ2) is 12.4. The average molecular weight is 644 g/mol. The zero-order valence-corrected chi connectivity index (χ0v) is 29.7. The van der Waals surface area contributed by atoms with E-state index in [1.807, 2.05) is 34.6 Å². The van der Waals surface area contributed by atoms with Crippen LogP contribution in [-0.2, 0) is 25.6 Å². The zero-order valence-electron chi connectivity index (χ0n) is 27.9. The number of aryl methyl sites for hydroxylation is 1. The monoisotopic (exact) mass is 643 g/mol. The van der Waals surface area contributed by atoms with Crippen molar-refractivity contribution < 1.29 is 22.4 Å². The van der Waals surface area contributed by atoms with E-state index >= 15 is 0 Å². The van der Waals surface area contributed by atoms with Crippen molar-refractivity contribution >= 4 is 41.3 Å². The van der Waals surface area contributed by atoms with Gasteiger partial charge in [-0.25, -0.2) is 27.2 Å². The van der Waals surface area contributed by atoms with Gasteiger partial charge in [-0.3, -0.25) is 0 Å².